The minimum absolute atomic E-state index is 0.127. The van der Waals surface area contributed by atoms with Gasteiger partial charge in [0.25, 0.3) is 0 Å². The molecule has 0 amide bonds. The number of aliphatic hydroxyl groups excluding tert-OH is 1. The van der Waals surface area contributed by atoms with Gasteiger partial charge < -0.3 is 15.2 Å². The zero-order valence-electron chi connectivity index (χ0n) is 11.6. The summed E-state index contributed by atoms with van der Waals surface area (Å²) in [6.07, 6.45) is 0. The monoisotopic (exact) mass is 269 g/mol. The van der Waals surface area contributed by atoms with Crippen molar-refractivity contribution in [3.05, 3.63) is 24.3 Å². The third-order valence-corrected chi connectivity index (χ3v) is 3.95. The van der Waals surface area contributed by atoms with E-state index >= 15 is 0 Å². The Morgan fingerprint density at radius 2 is 2.17 bits per heavy atom. The number of methoxy groups -OCH3 is 1. The summed E-state index contributed by atoms with van der Waals surface area (Å²) in [4.78, 5) is 1.15. The van der Waals surface area contributed by atoms with Gasteiger partial charge in [-0.3, -0.25) is 0 Å². The van der Waals surface area contributed by atoms with Crippen LogP contribution in [0.25, 0.3) is 0 Å². The summed E-state index contributed by atoms with van der Waals surface area (Å²) in [6.45, 7) is 6.34. The van der Waals surface area contributed by atoms with Gasteiger partial charge in [0.15, 0.2) is 0 Å². The summed E-state index contributed by atoms with van der Waals surface area (Å²) >= 11 is 1.72. The molecule has 4 heteroatoms. The lowest BCUT2D eigenvalue weighted by atomic mass is 10.1. The van der Waals surface area contributed by atoms with Crippen molar-refractivity contribution in [1.82, 2.24) is 5.32 Å². The Balaban J connectivity index is 2.61. The van der Waals surface area contributed by atoms with Gasteiger partial charge in [-0.1, -0.05) is 19.9 Å². The molecule has 0 aliphatic rings. The van der Waals surface area contributed by atoms with Crippen LogP contribution in [0, 0.1) is 0 Å². The second-order valence-corrected chi connectivity index (χ2v) is 6.03. The van der Waals surface area contributed by atoms with E-state index in [4.69, 9.17) is 4.74 Å². The van der Waals surface area contributed by atoms with E-state index < -0.39 is 0 Å². The molecule has 0 fully saturated rings. The maximum Gasteiger partial charge on any atom is 0.119 e. The molecule has 3 nitrogen and oxygen atoms in total. The van der Waals surface area contributed by atoms with Crippen molar-refractivity contribution in [2.75, 3.05) is 19.5 Å². The lowest BCUT2D eigenvalue weighted by molar-refractivity contribution is 0.183. The molecule has 0 aliphatic carbocycles. The first-order chi connectivity index (χ1) is 8.49. The Morgan fingerprint density at radius 3 is 2.72 bits per heavy atom. The summed E-state index contributed by atoms with van der Waals surface area (Å²) in [5.74, 6) is 1.68. The maximum absolute atomic E-state index is 9.51. The maximum atomic E-state index is 9.51. The van der Waals surface area contributed by atoms with E-state index in [-0.39, 0.29) is 12.1 Å². The molecule has 0 bridgehead atoms. The topological polar surface area (TPSA) is 41.5 Å². The lowest BCUT2D eigenvalue weighted by Gasteiger charge is -2.30. The van der Waals surface area contributed by atoms with Crippen molar-refractivity contribution in [3.63, 3.8) is 0 Å². The van der Waals surface area contributed by atoms with Crippen LogP contribution in [0.2, 0.25) is 0 Å². The average molecular weight is 269 g/mol. The van der Waals surface area contributed by atoms with Crippen LogP contribution in [0.3, 0.4) is 0 Å². The second-order valence-electron chi connectivity index (χ2n) is 4.99. The highest BCUT2D eigenvalue weighted by Crippen LogP contribution is 2.26. The van der Waals surface area contributed by atoms with E-state index in [1.807, 2.05) is 25.1 Å². The van der Waals surface area contributed by atoms with E-state index in [1.165, 1.54) is 0 Å². The molecule has 0 radical (unpaired) electrons. The third-order valence-electron chi connectivity index (χ3n) is 2.58. The summed E-state index contributed by atoms with van der Waals surface area (Å²) < 4.78 is 5.20. The van der Waals surface area contributed by atoms with Gasteiger partial charge >= 0.3 is 0 Å². The highest BCUT2D eigenvalue weighted by molar-refractivity contribution is 7.99. The van der Waals surface area contributed by atoms with Crippen molar-refractivity contribution in [1.29, 1.82) is 0 Å². The van der Waals surface area contributed by atoms with Gasteiger partial charge in [-0.15, -0.1) is 11.8 Å². The predicted molar refractivity (Wildman–Crippen MR) is 77.5 cm³/mol. The Kier molecular flexibility index (Phi) is 5.99. The van der Waals surface area contributed by atoms with Gasteiger partial charge in [0.2, 0.25) is 0 Å². The fourth-order valence-electron chi connectivity index (χ4n) is 1.76. The summed E-state index contributed by atoms with van der Waals surface area (Å²) in [6, 6.07) is 8.33. The number of ether oxygens (including phenoxy) is 1. The quantitative estimate of drug-likeness (QED) is 0.746. The molecule has 1 aromatic carbocycles. The molecular formula is C14H23NO2S. The second kappa shape index (κ2) is 7.02. The summed E-state index contributed by atoms with van der Waals surface area (Å²) in [7, 11) is 1.67. The molecule has 18 heavy (non-hydrogen) atoms. The third kappa shape index (κ3) is 4.88. The average Bonchev–Trinajstić information content (AvgIpc) is 2.36. The fraction of sp³-hybridized carbons (Fsp3) is 0.571. The van der Waals surface area contributed by atoms with Crippen LogP contribution in [-0.2, 0) is 0 Å². The van der Waals surface area contributed by atoms with Gasteiger partial charge in [-0.05, 0) is 25.1 Å². The predicted octanol–water partition coefficient (Wildman–Crippen LogP) is 2.54. The molecule has 0 aromatic heterocycles. The van der Waals surface area contributed by atoms with Crippen LogP contribution in [0.4, 0.5) is 0 Å². The molecule has 102 valence electrons. The minimum atomic E-state index is -0.262. The van der Waals surface area contributed by atoms with E-state index in [2.05, 4.69) is 25.2 Å². The molecule has 0 heterocycles. The molecule has 1 aromatic rings. The fourth-order valence-corrected chi connectivity index (χ4v) is 2.80. The van der Waals surface area contributed by atoms with E-state index in [1.54, 1.807) is 18.9 Å². The van der Waals surface area contributed by atoms with Crippen LogP contribution in [0.5, 0.6) is 5.75 Å². The Labute approximate surface area is 114 Å². The van der Waals surface area contributed by atoms with Crippen molar-refractivity contribution in [3.8, 4) is 5.75 Å². The minimum Gasteiger partial charge on any atom is -0.497 e. The van der Waals surface area contributed by atoms with Gasteiger partial charge in [0.1, 0.15) is 5.75 Å². The highest BCUT2D eigenvalue weighted by Gasteiger charge is 2.24. The van der Waals surface area contributed by atoms with E-state index in [0.717, 1.165) is 16.4 Å². The van der Waals surface area contributed by atoms with Crippen LogP contribution in [-0.4, -0.2) is 36.2 Å². The van der Waals surface area contributed by atoms with Gasteiger partial charge in [0, 0.05) is 22.2 Å². The zero-order chi connectivity index (χ0) is 13.6. The highest BCUT2D eigenvalue weighted by atomic mass is 32.2. The first kappa shape index (κ1) is 15.3. The number of benzene rings is 1. The van der Waals surface area contributed by atoms with Crippen molar-refractivity contribution in [2.45, 2.75) is 37.2 Å². The SMILES string of the molecule is COc1cccc(SCC(C)(CO)NC(C)C)c1. The smallest absolute Gasteiger partial charge is 0.119 e. The molecule has 1 unspecified atom stereocenters. The Hall–Kier alpha value is -0.710. The first-order valence-corrected chi connectivity index (χ1v) is 7.13. The number of rotatable bonds is 7. The molecular weight excluding hydrogens is 246 g/mol. The van der Waals surface area contributed by atoms with Crippen LogP contribution >= 0.6 is 11.8 Å². The Morgan fingerprint density at radius 1 is 1.44 bits per heavy atom. The van der Waals surface area contributed by atoms with Crippen LogP contribution in [0.15, 0.2) is 29.2 Å². The van der Waals surface area contributed by atoms with Gasteiger partial charge in [-0.25, -0.2) is 0 Å². The van der Waals surface area contributed by atoms with E-state index in [9.17, 15) is 5.11 Å². The molecule has 0 saturated heterocycles. The van der Waals surface area contributed by atoms with Gasteiger partial charge in [0.05, 0.1) is 13.7 Å². The number of thioether (sulfide) groups is 1. The van der Waals surface area contributed by atoms with Crippen LogP contribution < -0.4 is 10.1 Å². The molecule has 0 spiro atoms. The number of hydrogen-bond donors (Lipinski definition) is 2. The number of aliphatic hydroxyl groups is 1. The van der Waals surface area contributed by atoms with Crippen molar-refractivity contribution in [2.24, 2.45) is 0 Å². The Bertz CT molecular complexity index is 371. The zero-order valence-corrected chi connectivity index (χ0v) is 12.4. The normalized spacial score (nSPS) is 14.6. The lowest BCUT2D eigenvalue weighted by Crippen LogP contribution is -2.51. The van der Waals surface area contributed by atoms with E-state index in [0.29, 0.717) is 6.04 Å². The standard InChI is InChI=1S/C14H23NO2S/c1-11(2)15-14(3,9-16)10-18-13-7-5-6-12(8-13)17-4/h5-8,11,15-16H,9-10H2,1-4H3. The van der Waals surface area contributed by atoms with Crippen LogP contribution in [0.1, 0.15) is 20.8 Å². The largest absolute Gasteiger partial charge is 0.497 e. The molecule has 1 rings (SSSR count). The summed E-state index contributed by atoms with van der Waals surface area (Å²) in [5.41, 5.74) is -0.262. The summed E-state index contributed by atoms with van der Waals surface area (Å²) in [5, 5.41) is 12.9. The number of hydrogen-bond acceptors (Lipinski definition) is 4. The molecule has 2 N–H and O–H groups in total. The van der Waals surface area contributed by atoms with Crippen molar-refractivity contribution >= 4 is 11.8 Å². The van der Waals surface area contributed by atoms with Gasteiger partial charge in [-0.2, -0.15) is 0 Å². The molecule has 1 atom stereocenters. The molecule has 0 aliphatic heterocycles. The van der Waals surface area contributed by atoms with Crippen molar-refractivity contribution < 1.29 is 9.84 Å². The molecule has 0 saturated carbocycles. The number of nitrogens with one attached hydrogen (secondary N) is 1. The first-order valence-electron chi connectivity index (χ1n) is 6.14.